The number of nitriles is 1. The summed E-state index contributed by atoms with van der Waals surface area (Å²) >= 11 is 0. The van der Waals surface area contributed by atoms with Crippen LogP contribution in [-0.4, -0.2) is 38.4 Å². The minimum Gasteiger partial charge on any atom is -0.382 e. The number of aryl methyl sites for hydroxylation is 1. The van der Waals surface area contributed by atoms with Crippen LogP contribution >= 0.6 is 0 Å². The van der Waals surface area contributed by atoms with Crippen LogP contribution in [0.5, 0.6) is 0 Å². The molecule has 1 N–H and O–H groups in total. The summed E-state index contributed by atoms with van der Waals surface area (Å²) < 4.78 is 3.48. The van der Waals surface area contributed by atoms with Crippen molar-refractivity contribution in [2.24, 2.45) is 7.05 Å². The van der Waals surface area contributed by atoms with Crippen molar-refractivity contribution in [1.82, 2.24) is 19.4 Å². The van der Waals surface area contributed by atoms with E-state index in [1.807, 2.05) is 43.7 Å². The van der Waals surface area contributed by atoms with Crippen LogP contribution in [0.1, 0.15) is 5.56 Å². The molecule has 0 radical (unpaired) electrons. The summed E-state index contributed by atoms with van der Waals surface area (Å²) in [6.07, 6.45) is 8.54. The fourth-order valence-electron chi connectivity index (χ4n) is 3.99. The first-order chi connectivity index (χ1) is 15.1. The molecule has 0 saturated heterocycles. The van der Waals surface area contributed by atoms with Crippen molar-refractivity contribution in [2.75, 3.05) is 23.3 Å². The Labute approximate surface area is 178 Å². The summed E-state index contributed by atoms with van der Waals surface area (Å²) in [5.41, 5.74) is 6.62. The van der Waals surface area contributed by atoms with Gasteiger partial charge in [0.1, 0.15) is 6.07 Å². The van der Waals surface area contributed by atoms with Crippen LogP contribution in [0.2, 0.25) is 0 Å². The standard InChI is InChI=1S/C23H19N7O/c1-3-22(31)29-7-6-25-20-9-15(4-5-21(20)29)19-8-16(18-12-26-28(2)13-18)14-30-23(19)17(10-24)11-27-30/h3-5,8-9,11-14,25H,1,6-7H2,2H3. The number of hydrogen-bond donors (Lipinski definition) is 1. The van der Waals surface area contributed by atoms with E-state index in [0.29, 0.717) is 18.7 Å². The van der Waals surface area contributed by atoms with Crippen molar-refractivity contribution in [3.63, 3.8) is 0 Å². The first-order valence-corrected chi connectivity index (χ1v) is 9.82. The molecule has 31 heavy (non-hydrogen) atoms. The lowest BCUT2D eigenvalue weighted by atomic mass is 9.98. The smallest absolute Gasteiger partial charge is 0.250 e. The van der Waals surface area contributed by atoms with Crippen LogP contribution in [-0.2, 0) is 11.8 Å². The molecule has 1 aliphatic heterocycles. The van der Waals surface area contributed by atoms with Crippen LogP contribution in [0.15, 0.2) is 61.7 Å². The molecule has 3 aromatic heterocycles. The quantitative estimate of drug-likeness (QED) is 0.525. The number of rotatable bonds is 3. The van der Waals surface area contributed by atoms with E-state index in [1.165, 1.54) is 6.08 Å². The van der Waals surface area contributed by atoms with Gasteiger partial charge in [-0.2, -0.15) is 15.5 Å². The fraction of sp³-hybridized carbons (Fsp3) is 0.130. The summed E-state index contributed by atoms with van der Waals surface area (Å²) in [6.45, 7) is 4.84. The molecule has 5 rings (SSSR count). The minimum atomic E-state index is -0.126. The van der Waals surface area contributed by atoms with Gasteiger partial charge in [-0.1, -0.05) is 12.6 Å². The average molecular weight is 409 g/mol. The first-order valence-electron chi connectivity index (χ1n) is 9.82. The summed E-state index contributed by atoms with van der Waals surface area (Å²) in [5.74, 6) is -0.126. The normalized spacial score (nSPS) is 12.8. The lowest BCUT2D eigenvalue weighted by molar-refractivity contribution is -0.114. The maximum atomic E-state index is 12.2. The lowest BCUT2D eigenvalue weighted by Crippen LogP contribution is -2.37. The largest absolute Gasteiger partial charge is 0.382 e. The highest BCUT2D eigenvalue weighted by Crippen LogP contribution is 2.37. The number of fused-ring (bicyclic) bond motifs is 2. The Bertz CT molecular complexity index is 1390. The summed E-state index contributed by atoms with van der Waals surface area (Å²) in [6, 6.07) is 10.2. The Morgan fingerprint density at radius 1 is 1.19 bits per heavy atom. The molecular formula is C23H19N7O. The third-order valence-corrected chi connectivity index (χ3v) is 5.46. The van der Waals surface area contributed by atoms with E-state index < -0.39 is 0 Å². The molecule has 152 valence electrons. The number of carbonyl (C=O) groups is 1. The number of benzene rings is 1. The van der Waals surface area contributed by atoms with Gasteiger partial charge in [0, 0.05) is 49.2 Å². The van der Waals surface area contributed by atoms with E-state index in [9.17, 15) is 10.1 Å². The molecule has 4 heterocycles. The topological polar surface area (TPSA) is 91.2 Å². The monoisotopic (exact) mass is 409 g/mol. The van der Waals surface area contributed by atoms with E-state index in [2.05, 4.69) is 28.2 Å². The number of nitrogens with one attached hydrogen (secondary N) is 1. The Morgan fingerprint density at radius 2 is 2.06 bits per heavy atom. The van der Waals surface area contributed by atoms with Crippen LogP contribution in [0, 0.1) is 11.3 Å². The zero-order valence-corrected chi connectivity index (χ0v) is 16.9. The number of pyridine rings is 1. The van der Waals surface area contributed by atoms with Gasteiger partial charge in [0.2, 0.25) is 0 Å². The first kappa shape index (κ1) is 18.6. The maximum Gasteiger partial charge on any atom is 0.250 e. The Hall–Kier alpha value is -4.38. The molecule has 4 aromatic rings. The summed E-state index contributed by atoms with van der Waals surface area (Å²) in [7, 11) is 1.87. The molecular weight excluding hydrogens is 390 g/mol. The number of carbonyl (C=O) groups excluding carboxylic acids is 1. The Balaban J connectivity index is 1.71. The highest BCUT2D eigenvalue weighted by Gasteiger charge is 2.22. The van der Waals surface area contributed by atoms with Gasteiger partial charge in [-0.25, -0.2) is 4.52 Å². The third kappa shape index (κ3) is 3.04. The zero-order chi connectivity index (χ0) is 21.5. The highest BCUT2D eigenvalue weighted by atomic mass is 16.2. The van der Waals surface area contributed by atoms with E-state index in [-0.39, 0.29) is 5.91 Å². The van der Waals surface area contributed by atoms with Gasteiger partial charge >= 0.3 is 0 Å². The van der Waals surface area contributed by atoms with Gasteiger partial charge in [0.25, 0.3) is 5.91 Å². The van der Waals surface area contributed by atoms with Crippen LogP contribution in [0.3, 0.4) is 0 Å². The maximum absolute atomic E-state index is 12.2. The van der Waals surface area contributed by atoms with Gasteiger partial charge < -0.3 is 10.2 Å². The van der Waals surface area contributed by atoms with Gasteiger partial charge in [0.05, 0.1) is 34.8 Å². The predicted octanol–water partition coefficient (Wildman–Crippen LogP) is 3.22. The van der Waals surface area contributed by atoms with E-state index >= 15 is 0 Å². The molecule has 0 atom stereocenters. The molecule has 8 heteroatoms. The average Bonchev–Trinajstić information content (AvgIpc) is 3.43. The van der Waals surface area contributed by atoms with E-state index in [0.717, 1.165) is 39.1 Å². The zero-order valence-electron chi connectivity index (χ0n) is 16.9. The van der Waals surface area contributed by atoms with Crippen molar-refractivity contribution in [2.45, 2.75) is 0 Å². The van der Waals surface area contributed by atoms with E-state index in [1.54, 1.807) is 26.5 Å². The molecule has 0 saturated carbocycles. The highest BCUT2D eigenvalue weighted by molar-refractivity contribution is 6.04. The van der Waals surface area contributed by atoms with Gasteiger partial charge in [-0.05, 0) is 29.8 Å². The lowest BCUT2D eigenvalue weighted by Gasteiger charge is -2.30. The SMILES string of the molecule is C=CC(=O)N1CCNc2cc(-c3cc(-c4cnn(C)c4)cn4ncc(C#N)c34)ccc21. The predicted molar refractivity (Wildman–Crippen MR) is 119 cm³/mol. The molecule has 0 spiro atoms. The van der Waals surface area contributed by atoms with Crippen LogP contribution < -0.4 is 10.2 Å². The molecule has 1 aromatic carbocycles. The Kier molecular flexibility index (Phi) is 4.30. The number of amides is 1. The van der Waals surface area contributed by atoms with Crippen LogP contribution in [0.25, 0.3) is 27.8 Å². The third-order valence-electron chi connectivity index (χ3n) is 5.46. The van der Waals surface area contributed by atoms with E-state index in [4.69, 9.17) is 0 Å². The minimum absolute atomic E-state index is 0.126. The molecule has 8 nitrogen and oxygen atoms in total. The number of anilines is 2. The molecule has 1 aliphatic rings. The van der Waals surface area contributed by atoms with Gasteiger partial charge in [-0.15, -0.1) is 0 Å². The molecule has 0 unspecified atom stereocenters. The fourth-order valence-corrected chi connectivity index (χ4v) is 3.99. The number of hydrogen-bond acceptors (Lipinski definition) is 5. The van der Waals surface area contributed by atoms with Gasteiger partial charge in [-0.3, -0.25) is 9.48 Å². The summed E-state index contributed by atoms with van der Waals surface area (Å²) in [4.78, 5) is 13.9. The van der Waals surface area contributed by atoms with Crippen molar-refractivity contribution in [3.8, 4) is 28.3 Å². The second-order valence-electron chi connectivity index (χ2n) is 7.36. The molecule has 1 amide bonds. The Morgan fingerprint density at radius 3 is 2.81 bits per heavy atom. The second kappa shape index (κ2) is 7.15. The molecule has 0 bridgehead atoms. The molecule has 0 aliphatic carbocycles. The van der Waals surface area contributed by atoms with Crippen molar-refractivity contribution in [3.05, 3.63) is 67.3 Å². The van der Waals surface area contributed by atoms with Gasteiger partial charge in [0.15, 0.2) is 0 Å². The van der Waals surface area contributed by atoms with Crippen molar-refractivity contribution < 1.29 is 4.79 Å². The van der Waals surface area contributed by atoms with Crippen LogP contribution in [0.4, 0.5) is 11.4 Å². The number of nitrogens with zero attached hydrogens (tertiary/aromatic N) is 6. The summed E-state index contributed by atoms with van der Waals surface area (Å²) in [5, 5.41) is 21.6. The van der Waals surface area contributed by atoms with Crippen molar-refractivity contribution >= 4 is 22.8 Å². The van der Waals surface area contributed by atoms with Crippen molar-refractivity contribution in [1.29, 1.82) is 5.26 Å². The second-order valence-corrected chi connectivity index (χ2v) is 7.36. The number of aromatic nitrogens is 4. The molecule has 0 fully saturated rings.